The lowest BCUT2D eigenvalue weighted by Gasteiger charge is -2.13. The minimum Gasteiger partial charge on any atom is -0.454 e. The van der Waals surface area contributed by atoms with Crippen LogP contribution in [0.3, 0.4) is 0 Å². The van der Waals surface area contributed by atoms with Crippen LogP contribution in [0, 0.1) is 5.82 Å². The van der Waals surface area contributed by atoms with Crippen molar-refractivity contribution in [2.45, 2.75) is 17.5 Å². The molecule has 0 unspecified atom stereocenters. The van der Waals surface area contributed by atoms with Gasteiger partial charge in [0.2, 0.25) is 6.79 Å². The van der Waals surface area contributed by atoms with E-state index < -0.39 is 0 Å². The first kappa shape index (κ1) is 19.4. The summed E-state index contributed by atoms with van der Waals surface area (Å²) >= 11 is 8.80. The lowest BCUT2D eigenvalue weighted by atomic mass is 10.2. The molecule has 0 bridgehead atoms. The Kier molecular flexibility index (Phi) is 5.14. The van der Waals surface area contributed by atoms with Crippen LogP contribution in [0.4, 0.5) is 4.39 Å². The van der Waals surface area contributed by atoms with E-state index >= 15 is 0 Å². The number of hydrogen-bond acceptors (Lipinski definition) is 6. The van der Waals surface area contributed by atoms with Crippen molar-refractivity contribution in [1.29, 1.82) is 0 Å². The summed E-state index contributed by atoms with van der Waals surface area (Å²) in [4.78, 5) is 17.8. The van der Waals surface area contributed by atoms with Crippen LogP contribution in [-0.4, -0.2) is 16.3 Å². The van der Waals surface area contributed by atoms with Gasteiger partial charge in [-0.2, -0.15) is 0 Å². The monoisotopic (exact) mass is 460 g/mol. The van der Waals surface area contributed by atoms with E-state index in [9.17, 15) is 9.18 Å². The van der Waals surface area contributed by atoms with Crippen molar-refractivity contribution in [3.8, 4) is 11.5 Å². The molecule has 0 N–H and O–H groups in total. The third kappa shape index (κ3) is 3.55. The third-order valence-electron chi connectivity index (χ3n) is 4.72. The molecule has 0 saturated heterocycles. The maximum atomic E-state index is 14.2. The Morgan fingerprint density at radius 1 is 1.20 bits per heavy atom. The molecule has 1 aliphatic rings. The van der Waals surface area contributed by atoms with Crippen LogP contribution >= 0.6 is 34.7 Å². The van der Waals surface area contributed by atoms with Crippen LogP contribution in [0.15, 0.2) is 57.8 Å². The first-order valence-corrected chi connectivity index (χ1v) is 11.3. The van der Waals surface area contributed by atoms with E-state index in [2.05, 4.69) is 4.98 Å². The smallest absolute Gasteiger partial charge is 0.272 e. The summed E-state index contributed by atoms with van der Waals surface area (Å²) < 4.78 is 27.2. The van der Waals surface area contributed by atoms with Crippen LogP contribution < -0.4 is 15.0 Å². The van der Waals surface area contributed by atoms with Gasteiger partial charge in [0.1, 0.15) is 10.5 Å². The Morgan fingerprint density at radius 2 is 2.07 bits per heavy atom. The lowest BCUT2D eigenvalue weighted by Crippen LogP contribution is -2.23. The van der Waals surface area contributed by atoms with Gasteiger partial charge in [0, 0.05) is 16.3 Å². The summed E-state index contributed by atoms with van der Waals surface area (Å²) in [6.45, 7) is 0.496. The van der Waals surface area contributed by atoms with Gasteiger partial charge in [-0.25, -0.2) is 9.37 Å². The molecule has 0 amide bonds. The van der Waals surface area contributed by atoms with E-state index in [1.807, 2.05) is 29.6 Å². The van der Waals surface area contributed by atoms with E-state index in [4.69, 9.17) is 21.1 Å². The highest BCUT2D eigenvalue weighted by atomic mass is 35.5. The van der Waals surface area contributed by atoms with E-state index in [0.717, 1.165) is 5.56 Å². The minimum atomic E-state index is -0.378. The maximum absolute atomic E-state index is 14.2. The van der Waals surface area contributed by atoms with Gasteiger partial charge in [-0.05, 0) is 41.3 Å². The number of aromatic nitrogens is 2. The highest BCUT2D eigenvalue weighted by Crippen LogP contribution is 2.33. The quantitative estimate of drug-likeness (QED) is 0.298. The SMILES string of the molecule is O=c1c2sccc2nc(SCc2c(F)cccc2Cl)n1Cc1ccc2c(c1)OCO2. The molecular weight excluding hydrogens is 447 g/mol. The molecular formula is C21H14ClFN2O3S2. The summed E-state index contributed by atoms with van der Waals surface area (Å²) in [5, 5.41) is 2.69. The average molecular weight is 461 g/mol. The molecule has 0 fully saturated rings. The number of halogens is 2. The van der Waals surface area contributed by atoms with Crippen molar-refractivity contribution < 1.29 is 13.9 Å². The second-order valence-electron chi connectivity index (χ2n) is 6.60. The summed E-state index contributed by atoms with van der Waals surface area (Å²) in [6, 6.07) is 12.0. The largest absolute Gasteiger partial charge is 0.454 e. The van der Waals surface area contributed by atoms with Crippen LogP contribution in [0.25, 0.3) is 10.2 Å². The molecule has 9 heteroatoms. The molecule has 0 atom stereocenters. The number of thiophene rings is 1. The van der Waals surface area contributed by atoms with E-state index in [0.29, 0.717) is 44.0 Å². The fourth-order valence-electron chi connectivity index (χ4n) is 3.20. The summed E-state index contributed by atoms with van der Waals surface area (Å²) in [5.74, 6) is 1.21. The van der Waals surface area contributed by atoms with Gasteiger partial charge >= 0.3 is 0 Å². The molecule has 1 aliphatic heterocycles. The fraction of sp³-hybridized carbons (Fsp3) is 0.143. The molecule has 0 saturated carbocycles. The Bertz CT molecular complexity index is 1300. The molecule has 5 rings (SSSR count). The Balaban J connectivity index is 1.53. The lowest BCUT2D eigenvalue weighted by molar-refractivity contribution is 0.174. The summed E-state index contributed by atoms with van der Waals surface area (Å²) in [7, 11) is 0. The molecule has 3 heterocycles. The van der Waals surface area contributed by atoms with E-state index in [1.54, 1.807) is 16.7 Å². The van der Waals surface area contributed by atoms with Gasteiger partial charge in [0.25, 0.3) is 5.56 Å². The molecule has 4 aromatic rings. The summed E-state index contributed by atoms with van der Waals surface area (Å²) in [5.41, 5.74) is 1.77. The highest BCUT2D eigenvalue weighted by Gasteiger charge is 2.17. The topological polar surface area (TPSA) is 53.4 Å². The van der Waals surface area contributed by atoms with Crippen molar-refractivity contribution >= 4 is 44.9 Å². The van der Waals surface area contributed by atoms with Gasteiger partial charge < -0.3 is 9.47 Å². The maximum Gasteiger partial charge on any atom is 0.272 e. The first-order chi connectivity index (χ1) is 14.6. The number of hydrogen-bond donors (Lipinski definition) is 0. The van der Waals surface area contributed by atoms with Crippen molar-refractivity contribution in [3.63, 3.8) is 0 Å². The molecule has 0 radical (unpaired) electrons. The number of nitrogens with zero attached hydrogens (tertiary/aromatic N) is 2. The van der Waals surface area contributed by atoms with Crippen molar-refractivity contribution in [2.75, 3.05) is 6.79 Å². The molecule has 0 spiro atoms. The minimum absolute atomic E-state index is 0.130. The molecule has 5 nitrogen and oxygen atoms in total. The third-order valence-corrected chi connectivity index (χ3v) is 6.96. The van der Waals surface area contributed by atoms with Crippen molar-refractivity contribution in [2.24, 2.45) is 0 Å². The zero-order chi connectivity index (χ0) is 20.7. The number of benzene rings is 2. The van der Waals surface area contributed by atoms with Crippen LogP contribution in [0.1, 0.15) is 11.1 Å². The second-order valence-corrected chi connectivity index (χ2v) is 8.86. The predicted octanol–water partition coefficient (Wildman–Crippen LogP) is 5.32. The average Bonchev–Trinajstić information content (AvgIpc) is 3.39. The highest BCUT2D eigenvalue weighted by molar-refractivity contribution is 7.98. The van der Waals surface area contributed by atoms with Crippen LogP contribution in [-0.2, 0) is 12.3 Å². The van der Waals surface area contributed by atoms with Gasteiger partial charge in [0.15, 0.2) is 16.7 Å². The van der Waals surface area contributed by atoms with Crippen molar-refractivity contribution in [3.05, 3.63) is 80.2 Å². The molecule has 2 aromatic heterocycles. The van der Waals surface area contributed by atoms with Crippen LogP contribution in [0.2, 0.25) is 5.02 Å². The second kappa shape index (κ2) is 7.94. The zero-order valence-corrected chi connectivity index (χ0v) is 17.8. The molecule has 152 valence electrons. The number of thioether (sulfide) groups is 1. The Labute approximate surface area is 184 Å². The fourth-order valence-corrected chi connectivity index (χ4v) is 5.32. The Morgan fingerprint density at radius 3 is 2.93 bits per heavy atom. The molecule has 30 heavy (non-hydrogen) atoms. The standard InChI is InChI=1S/C21H14ClFN2O3S2/c22-14-2-1-3-15(23)13(14)10-30-21-24-16-6-7-29-19(16)20(26)25(21)9-12-4-5-17-18(8-12)28-11-27-17/h1-8H,9-11H2. The van der Waals surface area contributed by atoms with E-state index in [1.165, 1.54) is 29.2 Å². The zero-order valence-electron chi connectivity index (χ0n) is 15.4. The number of rotatable bonds is 5. The predicted molar refractivity (Wildman–Crippen MR) is 117 cm³/mol. The van der Waals surface area contributed by atoms with Gasteiger partial charge in [-0.1, -0.05) is 35.5 Å². The van der Waals surface area contributed by atoms with E-state index in [-0.39, 0.29) is 23.9 Å². The summed E-state index contributed by atoms with van der Waals surface area (Å²) in [6.07, 6.45) is 0. The first-order valence-electron chi connectivity index (χ1n) is 9.02. The van der Waals surface area contributed by atoms with Gasteiger partial charge in [-0.3, -0.25) is 9.36 Å². The Hall–Kier alpha value is -2.55. The molecule has 2 aromatic carbocycles. The van der Waals surface area contributed by atoms with Gasteiger partial charge in [-0.15, -0.1) is 11.3 Å². The van der Waals surface area contributed by atoms with Crippen LogP contribution in [0.5, 0.6) is 11.5 Å². The van der Waals surface area contributed by atoms with Crippen molar-refractivity contribution in [1.82, 2.24) is 9.55 Å². The normalized spacial score (nSPS) is 12.6. The number of ether oxygens (including phenoxy) is 2. The van der Waals surface area contributed by atoms with Gasteiger partial charge in [0.05, 0.1) is 12.1 Å². The number of fused-ring (bicyclic) bond motifs is 2. The molecule has 0 aliphatic carbocycles.